The van der Waals surface area contributed by atoms with Crippen LogP contribution in [0.4, 0.5) is 0 Å². The fourth-order valence-electron chi connectivity index (χ4n) is 1.42. The Labute approximate surface area is 113 Å². The van der Waals surface area contributed by atoms with Gasteiger partial charge in [-0.3, -0.25) is 4.57 Å². The van der Waals surface area contributed by atoms with Gasteiger partial charge in [0.25, 0.3) is 5.34 Å². The monoisotopic (exact) mass is 293 g/mol. The fraction of sp³-hybridized carbons (Fsp3) is 0.818. The second kappa shape index (κ2) is 8.28. The SMILES string of the molecule is CCOC(=O)C(O)(CCC#N)P(=O)(OCC)OCC. The molecule has 0 aromatic heterocycles. The number of carbonyl (C=O) groups excluding carboxylic acids is 1. The van der Waals surface area contributed by atoms with Crippen LogP contribution in [0.15, 0.2) is 0 Å². The third-order valence-electron chi connectivity index (χ3n) is 2.24. The van der Waals surface area contributed by atoms with E-state index in [9.17, 15) is 14.5 Å². The van der Waals surface area contributed by atoms with E-state index in [1.807, 2.05) is 0 Å². The molecule has 0 fully saturated rings. The van der Waals surface area contributed by atoms with Gasteiger partial charge in [0.1, 0.15) is 0 Å². The van der Waals surface area contributed by atoms with E-state index >= 15 is 0 Å². The molecule has 0 spiro atoms. The Kier molecular flexibility index (Phi) is 7.88. The number of hydrogen-bond donors (Lipinski definition) is 1. The summed E-state index contributed by atoms with van der Waals surface area (Å²) in [7, 11) is -4.13. The molecule has 0 aromatic rings. The Bertz CT molecular complexity index is 370. The molecule has 0 heterocycles. The van der Waals surface area contributed by atoms with Gasteiger partial charge in [-0.15, -0.1) is 0 Å². The maximum absolute atomic E-state index is 12.6. The second-order valence-corrected chi connectivity index (χ2v) is 5.78. The molecule has 0 rings (SSSR count). The van der Waals surface area contributed by atoms with E-state index in [1.54, 1.807) is 26.8 Å². The van der Waals surface area contributed by atoms with E-state index in [-0.39, 0.29) is 32.7 Å². The molecule has 0 aliphatic rings. The molecule has 0 aliphatic heterocycles. The number of esters is 1. The summed E-state index contributed by atoms with van der Waals surface area (Å²) >= 11 is 0. The van der Waals surface area contributed by atoms with Crippen molar-refractivity contribution in [2.24, 2.45) is 0 Å². The van der Waals surface area contributed by atoms with E-state index in [0.717, 1.165) is 0 Å². The van der Waals surface area contributed by atoms with Gasteiger partial charge in [0, 0.05) is 12.8 Å². The fourth-order valence-corrected chi connectivity index (χ4v) is 3.27. The van der Waals surface area contributed by atoms with E-state index in [4.69, 9.17) is 19.0 Å². The van der Waals surface area contributed by atoms with Crippen LogP contribution in [0.25, 0.3) is 0 Å². The molecule has 0 saturated carbocycles. The Balaban J connectivity index is 5.45. The lowest BCUT2D eigenvalue weighted by molar-refractivity contribution is -0.158. The molecule has 0 saturated heterocycles. The van der Waals surface area contributed by atoms with Crippen LogP contribution in [0.2, 0.25) is 0 Å². The summed E-state index contributed by atoms with van der Waals surface area (Å²) in [4.78, 5) is 11.9. The minimum atomic E-state index is -4.13. The zero-order valence-corrected chi connectivity index (χ0v) is 12.3. The summed E-state index contributed by atoms with van der Waals surface area (Å²) in [5, 5.41) is 16.5. The van der Waals surface area contributed by atoms with Crippen LogP contribution >= 0.6 is 7.60 Å². The predicted molar refractivity (Wildman–Crippen MR) is 67.3 cm³/mol. The first kappa shape index (κ1) is 18.1. The molecule has 1 unspecified atom stereocenters. The van der Waals surface area contributed by atoms with Crippen molar-refractivity contribution in [3.63, 3.8) is 0 Å². The lowest BCUT2D eigenvalue weighted by Gasteiger charge is -2.31. The molecule has 19 heavy (non-hydrogen) atoms. The third-order valence-corrected chi connectivity index (χ3v) is 4.75. The average molecular weight is 293 g/mol. The van der Waals surface area contributed by atoms with E-state index in [0.29, 0.717) is 0 Å². The summed E-state index contributed by atoms with van der Waals surface area (Å²) < 4.78 is 27.2. The molecular formula is C11H20NO6P. The lowest BCUT2D eigenvalue weighted by Crippen LogP contribution is -2.41. The van der Waals surface area contributed by atoms with Crippen molar-refractivity contribution in [2.75, 3.05) is 19.8 Å². The van der Waals surface area contributed by atoms with Crippen LogP contribution in [0, 0.1) is 11.3 Å². The molecule has 0 amide bonds. The number of hydrogen-bond acceptors (Lipinski definition) is 7. The van der Waals surface area contributed by atoms with Gasteiger partial charge in [-0.2, -0.15) is 5.26 Å². The molecular weight excluding hydrogens is 273 g/mol. The molecule has 0 aromatic carbocycles. The number of ether oxygens (including phenoxy) is 1. The van der Waals surface area contributed by atoms with Crippen LogP contribution in [0.3, 0.4) is 0 Å². The topological polar surface area (TPSA) is 106 Å². The zero-order valence-electron chi connectivity index (χ0n) is 11.4. The number of carbonyl (C=O) groups is 1. The molecule has 0 radical (unpaired) electrons. The Morgan fingerprint density at radius 1 is 1.26 bits per heavy atom. The smallest absolute Gasteiger partial charge is 0.373 e. The van der Waals surface area contributed by atoms with Gasteiger partial charge < -0.3 is 18.9 Å². The number of nitrogens with zero attached hydrogens (tertiary/aromatic N) is 1. The maximum atomic E-state index is 12.6. The molecule has 7 nitrogen and oxygen atoms in total. The van der Waals surface area contributed by atoms with Crippen LogP contribution in [0.1, 0.15) is 33.6 Å². The highest BCUT2D eigenvalue weighted by Gasteiger charge is 2.56. The van der Waals surface area contributed by atoms with Crippen LogP contribution < -0.4 is 0 Å². The van der Waals surface area contributed by atoms with Crippen molar-refractivity contribution in [3.8, 4) is 6.07 Å². The number of rotatable bonds is 9. The first-order valence-electron chi connectivity index (χ1n) is 6.07. The van der Waals surface area contributed by atoms with Gasteiger partial charge in [0.2, 0.25) is 0 Å². The minimum Gasteiger partial charge on any atom is -0.463 e. The van der Waals surface area contributed by atoms with E-state index in [2.05, 4.69) is 0 Å². The molecule has 1 atom stereocenters. The third kappa shape index (κ3) is 4.29. The summed E-state index contributed by atoms with van der Waals surface area (Å²) in [5.74, 6) is -1.10. The highest BCUT2D eigenvalue weighted by molar-refractivity contribution is 7.56. The second-order valence-electron chi connectivity index (χ2n) is 3.53. The van der Waals surface area contributed by atoms with Crippen molar-refractivity contribution in [2.45, 2.75) is 39.0 Å². The zero-order chi connectivity index (χ0) is 14.9. The van der Waals surface area contributed by atoms with Gasteiger partial charge in [0.15, 0.2) is 0 Å². The first-order valence-corrected chi connectivity index (χ1v) is 7.61. The van der Waals surface area contributed by atoms with E-state index in [1.165, 1.54) is 0 Å². The standard InChI is InChI=1S/C11H20NO6P/c1-4-16-10(13)11(14,8-7-9-12)19(15,17-5-2)18-6-3/h14H,4-8H2,1-3H3. The average Bonchev–Trinajstić information content (AvgIpc) is 2.36. The Hall–Kier alpha value is -0.930. The van der Waals surface area contributed by atoms with Gasteiger partial charge in [-0.05, 0) is 20.8 Å². The normalized spacial score (nSPS) is 14.5. The van der Waals surface area contributed by atoms with Gasteiger partial charge in [-0.25, -0.2) is 4.79 Å². The van der Waals surface area contributed by atoms with Crippen molar-refractivity contribution >= 4 is 13.6 Å². The first-order chi connectivity index (χ1) is 8.91. The quantitative estimate of drug-likeness (QED) is 0.510. The Morgan fingerprint density at radius 3 is 2.16 bits per heavy atom. The van der Waals surface area contributed by atoms with Gasteiger partial charge in [-0.1, -0.05) is 0 Å². The Morgan fingerprint density at radius 2 is 1.79 bits per heavy atom. The van der Waals surface area contributed by atoms with Crippen LogP contribution in [-0.2, 0) is 23.1 Å². The van der Waals surface area contributed by atoms with Crippen molar-refractivity contribution in [1.29, 1.82) is 5.26 Å². The van der Waals surface area contributed by atoms with Gasteiger partial charge in [0.05, 0.1) is 25.9 Å². The van der Waals surface area contributed by atoms with Crippen LogP contribution in [0.5, 0.6) is 0 Å². The summed E-state index contributed by atoms with van der Waals surface area (Å²) in [6, 6.07) is 1.78. The highest BCUT2D eigenvalue weighted by atomic mass is 31.2. The molecule has 1 N–H and O–H groups in total. The van der Waals surface area contributed by atoms with Crippen LogP contribution in [-0.4, -0.2) is 36.2 Å². The maximum Gasteiger partial charge on any atom is 0.373 e. The van der Waals surface area contributed by atoms with Gasteiger partial charge >= 0.3 is 13.6 Å². The predicted octanol–water partition coefficient (Wildman–Crippen LogP) is 1.81. The number of nitriles is 1. The summed E-state index contributed by atoms with van der Waals surface area (Å²) in [6.07, 6.45) is -0.556. The van der Waals surface area contributed by atoms with Crippen molar-refractivity contribution in [3.05, 3.63) is 0 Å². The lowest BCUT2D eigenvalue weighted by atomic mass is 10.2. The molecule has 110 valence electrons. The summed E-state index contributed by atoms with van der Waals surface area (Å²) in [6.45, 7) is 4.65. The molecule has 0 bridgehead atoms. The largest absolute Gasteiger partial charge is 0.463 e. The van der Waals surface area contributed by atoms with Crippen molar-refractivity contribution in [1.82, 2.24) is 0 Å². The minimum absolute atomic E-state index is 0.00590. The summed E-state index contributed by atoms with van der Waals surface area (Å²) in [5.41, 5.74) is 0. The molecule has 0 aliphatic carbocycles. The van der Waals surface area contributed by atoms with E-state index < -0.39 is 18.9 Å². The number of aliphatic hydroxyl groups is 1. The molecule has 8 heteroatoms. The van der Waals surface area contributed by atoms with Crippen molar-refractivity contribution < 1.29 is 28.3 Å². The highest BCUT2D eigenvalue weighted by Crippen LogP contribution is 2.61.